The van der Waals surface area contributed by atoms with Gasteiger partial charge in [0.05, 0.1) is 0 Å². The van der Waals surface area contributed by atoms with Crippen LogP contribution in [-0.2, 0) is 4.79 Å². The van der Waals surface area contributed by atoms with Crippen LogP contribution >= 0.6 is 0 Å². The van der Waals surface area contributed by atoms with E-state index < -0.39 is 13.9 Å². The van der Waals surface area contributed by atoms with Gasteiger partial charge in [-0.1, -0.05) is 0 Å². The molecule has 1 aliphatic heterocycles. The molecule has 1 nitrogen and oxygen atoms in total. The molecular formula is C10H14GeO. The second-order valence-corrected chi connectivity index (χ2v) is 8.25. The molecule has 0 aromatic carbocycles. The number of allylic oxidation sites excluding steroid dienone is 3. The first-order chi connectivity index (χ1) is 5.75. The molecule has 0 amide bonds. The van der Waals surface area contributed by atoms with Crippen LogP contribution in [0.15, 0.2) is 23.1 Å². The van der Waals surface area contributed by atoms with Crippen molar-refractivity contribution in [3.63, 3.8) is 0 Å². The van der Waals surface area contributed by atoms with E-state index in [1.807, 2.05) is 12.2 Å². The van der Waals surface area contributed by atoms with Crippen LogP contribution in [0.25, 0.3) is 0 Å². The third-order valence-corrected chi connectivity index (χ3v) is 6.94. The normalized spacial score (nSPS) is 15.5. The fraction of sp³-hybridized carbons (Fsp3) is 0.400. The quantitative estimate of drug-likeness (QED) is 0.666. The summed E-state index contributed by atoms with van der Waals surface area (Å²) in [7, 11) is 0. The van der Waals surface area contributed by atoms with Crippen LogP contribution in [0.2, 0.25) is 0 Å². The first-order valence-electron chi connectivity index (χ1n) is 4.34. The van der Waals surface area contributed by atoms with Gasteiger partial charge in [-0.2, -0.15) is 0 Å². The summed E-state index contributed by atoms with van der Waals surface area (Å²) >= 11 is -1.60. The van der Waals surface area contributed by atoms with Gasteiger partial charge in [0.1, 0.15) is 0 Å². The first-order valence-corrected chi connectivity index (χ1v) is 7.65. The molecule has 0 bridgehead atoms. The van der Waals surface area contributed by atoms with Crippen LogP contribution in [0.5, 0.6) is 0 Å². The summed E-state index contributed by atoms with van der Waals surface area (Å²) in [5, 5.41) is 0. The van der Waals surface area contributed by atoms with Crippen molar-refractivity contribution in [2.75, 3.05) is 0 Å². The molecule has 64 valence electrons. The Morgan fingerprint density at radius 3 is 2.83 bits per heavy atom. The van der Waals surface area contributed by atoms with E-state index in [4.69, 9.17) is 0 Å². The molecule has 0 unspecified atom stereocenters. The van der Waals surface area contributed by atoms with E-state index in [0.29, 0.717) is 4.62 Å². The molecule has 1 heterocycles. The van der Waals surface area contributed by atoms with Crippen LogP contribution in [0.3, 0.4) is 0 Å². The van der Waals surface area contributed by atoms with Crippen molar-refractivity contribution in [3.05, 3.63) is 23.1 Å². The monoisotopic (exact) mass is 224 g/mol. The second kappa shape index (κ2) is 4.55. The van der Waals surface area contributed by atoms with Crippen LogP contribution in [0.4, 0.5) is 0 Å². The van der Waals surface area contributed by atoms with Crippen molar-refractivity contribution in [1.82, 2.24) is 0 Å². The van der Waals surface area contributed by atoms with E-state index in [1.165, 1.54) is 4.35 Å². The van der Waals surface area contributed by atoms with Crippen molar-refractivity contribution in [2.45, 2.75) is 26.7 Å². The van der Waals surface area contributed by atoms with E-state index in [1.54, 1.807) is 0 Å². The van der Waals surface area contributed by atoms with Gasteiger partial charge in [-0.15, -0.1) is 0 Å². The van der Waals surface area contributed by atoms with Crippen molar-refractivity contribution in [2.24, 2.45) is 0 Å². The van der Waals surface area contributed by atoms with Gasteiger partial charge in [0, 0.05) is 0 Å². The fourth-order valence-electron chi connectivity index (χ4n) is 1.25. The molecule has 0 saturated heterocycles. The maximum absolute atomic E-state index is 11.6. The van der Waals surface area contributed by atoms with Crippen LogP contribution in [-0.4, -0.2) is 22.9 Å². The van der Waals surface area contributed by atoms with Gasteiger partial charge in [0.2, 0.25) is 0 Å². The Morgan fingerprint density at radius 2 is 2.25 bits per heavy atom. The Hall–Kier alpha value is -0.437. The van der Waals surface area contributed by atoms with Gasteiger partial charge in [-0.05, 0) is 0 Å². The molecule has 12 heavy (non-hydrogen) atoms. The minimum absolute atomic E-state index is 0.510. The Bertz CT molecular complexity index is 272. The second-order valence-electron chi connectivity index (χ2n) is 2.99. The maximum atomic E-state index is 11.6. The standard InChI is InChI=1S/C10H14GeO/c1-3-6-10(12)11-8-5-4-7-9(11)2/h4-5,7-8H,3,6H2,1-2H3. The van der Waals surface area contributed by atoms with Gasteiger partial charge in [-0.25, -0.2) is 0 Å². The average molecular weight is 223 g/mol. The minimum atomic E-state index is -1.60. The molecule has 0 fully saturated rings. The zero-order valence-corrected chi connectivity index (χ0v) is 9.73. The van der Waals surface area contributed by atoms with E-state index in [-0.39, 0.29) is 0 Å². The number of rotatable bonds is 3. The first kappa shape index (κ1) is 9.65. The topological polar surface area (TPSA) is 17.1 Å². The molecule has 0 radical (unpaired) electrons. The van der Waals surface area contributed by atoms with E-state index in [2.05, 4.69) is 24.8 Å². The summed E-state index contributed by atoms with van der Waals surface area (Å²) in [6.45, 7) is 4.15. The van der Waals surface area contributed by atoms with Gasteiger partial charge >= 0.3 is 77.5 Å². The van der Waals surface area contributed by atoms with Gasteiger partial charge in [-0.3, -0.25) is 0 Å². The fourth-order valence-corrected chi connectivity index (χ4v) is 5.42. The number of carbonyl (C=O) groups excluding carboxylic acids is 1. The molecule has 0 aromatic rings. The molecule has 0 spiro atoms. The SMILES string of the molecule is CCC[C](=O)[Ge]1=[C](C)C=CC=[CH]1. The Balaban J connectivity index is 2.81. The van der Waals surface area contributed by atoms with Crippen molar-refractivity contribution >= 4 is 22.9 Å². The summed E-state index contributed by atoms with van der Waals surface area (Å²) in [6, 6.07) is 0. The number of hydrogen-bond donors (Lipinski definition) is 0. The molecule has 0 saturated carbocycles. The van der Waals surface area contributed by atoms with Crippen molar-refractivity contribution < 1.29 is 4.79 Å². The van der Waals surface area contributed by atoms with Crippen LogP contribution in [0, 0.1) is 0 Å². The molecule has 0 aliphatic carbocycles. The number of hydrogen-bond acceptors (Lipinski definition) is 1. The molecule has 0 aromatic heterocycles. The molecule has 0 N–H and O–H groups in total. The third-order valence-electron chi connectivity index (χ3n) is 1.92. The zero-order chi connectivity index (χ0) is 8.97. The summed E-state index contributed by atoms with van der Waals surface area (Å²) in [5.41, 5.74) is 0. The van der Waals surface area contributed by atoms with Crippen molar-refractivity contribution in [1.29, 1.82) is 0 Å². The molecule has 2 heteroatoms. The molecule has 1 aliphatic rings. The van der Waals surface area contributed by atoms with Crippen molar-refractivity contribution in [3.8, 4) is 0 Å². The summed E-state index contributed by atoms with van der Waals surface area (Å²) in [5.74, 6) is 0. The predicted molar refractivity (Wildman–Crippen MR) is 54.6 cm³/mol. The zero-order valence-electron chi connectivity index (χ0n) is 7.63. The van der Waals surface area contributed by atoms with E-state index >= 15 is 0 Å². The summed E-state index contributed by atoms with van der Waals surface area (Å²) in [6.07, 6.45) is 7.88. The average Bonchev–Trinajstić information content (AvgIpc) is 2.05. The van der Waals surface area contributed by atoms with E-state index in [9.17, 15) is 4.79 Å². The Morgan fingerprint density at radius 1 is 1.50 bits per heavy atom. The van der Waals surface area contributed by atoms with Gasteiger partial charge in [0.15, 0.2) is 0 Å². The summed E-state index contributed by atoms with van der Waals surface area (Å²) < 4.78 is 1.84. The van der Waals surface area contributed by atoms with Gasteiger partial charge < -0.3 is 0 Å². The molecule has 1 rings (SSSR count). The molecule has 0 atom stereocenters. The Kier molecular flexibility index (Phi) is 3.66. The van der Waals surface area contributed by atoms with E-state index in [0.717, 1.165) is 12.8 Å². The van der Waals surface area contributed by atoms with Crippen LogP contribution in [0.1, 0.15) is 26.7 Å². The van der Waals surface area contributed by atoms with Crippen LogP contribution < -0.4 is 0 Å². The molecular weight excluding hydrogens is 209 g/mol. The summed E-state index contributed by atoms with van der Waals surface area (Å²) in [4.78, 5) is 13.7. The number of carbonyl (C=O) groups is 1. The van der Waals surface area contributed by atoms with Gasteiger partial charge in [0.25, 0.3) is 0 Å². The Labute approximate surface area is 77.8 Å². The predicted octanol–water partition coefficient (Wildman–Crippen LogP) is 1.83. The third kappa shape index (κ3) is 2.27.